The van der Waals surface area contributed by atoms with Gasteiger partial charge in [-0.15, -0.1) is 0 Å². The summed E-state index contributed by atoms with van der Waals surface area (Å²) in [6.45, 7) is 3.98. The van der Waals surface area contributed by atoms with Crippen LogP contribution in [0, 0.1) is 11.3 Å². The summed E-state index contributed by atoms with van der Waals surface area (Å²) in [5, 5.41) is 14.0. The molecule has 0 amide bonds. The van der Waals surface area contributed by atoms with Gasteiger partial charge in [-0.1, -0.05) is 6.07 Å². The Balaban J connectivity index is 1.37. The number of aromatic nitrogens is 4. The molecule has 0 atom stereocenters. The predicted molar refractivity (Wildman–Crippen MR) is 149 cm³/mol. The summed E-state index contributed by atoms with van der Waals surface area (Å²) >= 11 is 0. The van der Waals surface area contributed by atoms with Crippen molar-refractivity contribution in [2.45, 2.75) is 6.54 Å². The van der Waals surface area contributed by atoms with Crippen LogP contribution in [0.2, 0.25) is 0 Å². The zero-order valence-corrected chi connectivity index (χ0v) is 21.4. The van der Waals surface area contributed by atoms with Crippen LogP contribution in [0.25, 0.3) is 22.2 Å². The molecule has 0 saturated carbocycles. The number of hydrogen-bond donors (Lipinski definition) is 1. The number of allylic oxidation sites excluding steroid dienone is 1. The molecule has 0 spiro atoms. The molecule has 0 aromatic carbocycles. The molecule has 0 aliphatic carbocycles. The molecule has 38 heavy (non-hydrogen) atoms. The number of nitrogens with two attached hydrogens (primary N) is 1. The normalized spacial score (nSPS) is 14.9. The molecular weight excluding hydrogens is 478 g/mol. The average molecular weight is 508 g/mol. The van der Waals surface area contributed by atoms with Crippen molar-refractivity contribution in [2.24, 2.45) is 17.8 Å². The Morgan fingerprint density at radius 2 is 2.03 bits per heavy atom. The maximum Gasteiger partial charge on any atom is 0.254 e. The maximum atomic E-state index is 12.4. The quantitative estimate of drug-likeness (QED) is 0.398. The standard InChI is InChI=1S/C28H29N9O/c1-31-15-23(13-29)22-12-25(27-24(14-30)17-33-37(27)19-22)20-5-6-26(32-16-20)36-10-8-35(9-11-36)18-21-4-3-7-34(2)28(21)38/h3-7,12-13,15-17,19H,8-11,18,29H2,1-2H3. The van der Waals surface area contributed by atoms with Gasteiger partial charge in [0.1, 0.15) is 11.9 Å². The fraction of sp³-hybridized carbons (Fsp3) is 0.250. The van der Waals surface area contributed by atoms with Crippen molar-refractivity contribution < 1.29 is 0 Å². The van der Waals surface area contributed by atoms with Crippen molar-refractivity contribution >= 4 is 23.1 Å². The van der Waals surface area contributed by atoms with E-state index in [2.05, 4.69) is 26.0 Å². The zero-order valence-electron chi connectivity index (χ0n) is 21.4. The van der Waals surface area contributed by atoms with Gasteiger partial charge in [0, 0.05) is 106 Å². The van der Waals surface area contributed by atoms with Crippen LogP contribution in [-0.4, -0.2) is 63.5 Å². The van der Waals surface area contributed by atoms with E-state index in [0.29, 0.717) is 12.1 Å². The van der Waals surface area contributed by atoms with Gasteiger partial charge in [0.2, 0.25) is 0 Å². The first-order valence-electron chi connectivity index (χ1n) is 12.4. The maximum absolute atomic E-state index is 12.4. The number of pyridine rings is 3. The van der Waals surface area contributed by atoms with Crippen molar-refractivity contribution in [1.82, 2.24) is 24.1 Å². The van der Waals surface area contributed by atoms with Gasteiger partial charge in [-0.3, -0.25) is 14.7 Å². The Morgan fingerprint density at radius 3 is 2.71 bits per heavy atom. The summed E-state index contributed by atoms with van der Waals surface area (Å²) in [6, 6.07) is 12.1. The molecule has 1 fully saturated rings. The van der Waals surface area contributed by atoms with Crippen LogP contribution in [0.3, 0.4) is 0 Å². The van der Waals surface area contributed by atoms with Crippen LogP contribution in [0.1, 0.15) is 16.7 Å². The Kier molecular flexibility index (Phi) is 7.02. The first-order valence-corrected chi connectivity index (χ1v) is 12.4. The SMILES string of the molecule is CN=CC(=CN)c1cc(-c2ccc(N3CCN(Cc4cccn(C)c4=O)CC3)nc2)c2c(C#N)cnn2c1. The van der Waals surface area contributed by atoms with Crippen LogP contribution < -0.4 is 16.2 Å². The molecule has 0 bridgehead atoms. The Bertz CT molecular complexity index is 1620. The van der Waals surface area contributed by atoms with Gasteiger partial charge >= 0.3 is 0 Å². The number of nitrogens with zero attached hydrogens (tertiary/aromatic N) is 8. The molecule has 1 saturated heterocycles. The van der Waals surface area contributed by atoms with Crippen molar-refractivity contribution in [2.75, 3.05) is 38.1 Å². The third-order valence-electron chi connectivity index (χ3n) is 6.86. The lowest BCUT2D eigenvalue weighted by Gasteiger charge is -2.35. The molecule has 5 rings (SSSR count). The second kappa shape index (κ2) is 10.7. The molecule has 1 aliphatic rings. The van der Waals surface area contributed by atoms with Crippen LogP contribution in [-0.2, 0) is 13.6 Å². The molecule has 5 heterocycles. The van der Waals surface area contributed by atoms with E-state index >= 15 is 0 Å². The lowest BCUT2D eigenvalue weighted by atomic mass is 10.0. The number of nitriles is 1. The van der Waals surface area contributed by atoms with E-state index in [9.17, 15) is 10.1 Å². The van der Waals surface area contributed by atoms with Crippen LogP contribution >= 0.6 is 0 Å². The Morgan fingerprint density at radius 1 is 1.21 bits per heavy atom. The second-order valence-corrected chi connectivity index (χ2v) is 9.23. The third-order valence-corrected chi connectivity index (χ3v) is 6.86. The summed E-state index contributed by atoms with van der Waals surface area (Å²) in [7, 11) is 3.47. The fourth-order valence-corrected chi connectivity index (χ4v) is 4.82. The Labute approximate surface area is 220 Å². The summed E-state index contributed by atoms with van der Waals surface area (Å²) in [5.41, 5.74) is 11.2. The van der Waals surface area contributed by atoms with Crippen LogP contribution in [0.4, 0.5) is 5.82 Å². The van der Waals surface area contributed by atoms with E-state index in [0.717, 1.165) is 65.3 Å². The van der Waals surface area contributed by atoms with Crippen molar-refractivity contribution in [1.29, 1.82) is 5.26 Å². The minimum Gasteiger partial charge on any atom is -0.404 e. The van der Waals surface area contributed by atoms with Crippen LogP contribution in [0.5, 0.6) is 0 Å². The number of fused-ring (bicyclic) bond motifs is 1. The molecule has 10 heteroatoms. The zero-order chi connectivity index (χ0) is 26.6. The molecule has 4 aromatic rings. The minimum atomic E-state index is 0.0548. The van der Waals surface area contributed by atoms with Crippen LogP contribution in [0.15, 0.2) is 71.1 Å². The van der Waals surface area contributed by atoms with E-state index in [-0.39, 0.29) is 5.56 Å². The molecule has 0 radical (unpaired) electrons. The lowest BCUT2D eigenvalue weighted by molar-refractivity contribution is 0.248. The molecule has 10 nitrogen and oxygen atoms in total. The van der Waals surface area contributed by atoms with Gasteiger partial charge in [0.25, 0.3) is 5.56 Å². The Hall–Kier alpha value is -4.75. The average Bonchev–Trinajstić information content (AvgIpc) is 3.37. The van der Waals surface area contributed by atoms with Gasteiger partial charge in [-0.25, -0.2) is 9.50 Å². The van der Waals surface area contributed by atoms with E-state index in [4.69, 9.17) is 10.7 Å². The molecular formula is C28H29N9O. The van der Waals surface area contributed by atoms with E-state index in [1.165, 1.54) is 6.20 Å². The number of hydrogen-bond acceptors (Lipinski definition) is 8. The van der Waals surface area contributed by atoms with Gasteiger partial charge in [-0.05, 0) is 24.3 Å². The molecule has 4 aromatic heterocycles. The minimum absolute atomic E-state index is 0.0548. The molecule has 2 N–H and O–H groups in total. The van der Waals surface area contributed by atoms with Crippen molar-refractivity contribution in [3.05, 3.63) is 88.4 Å². The monoisotopic (exact) mass is 507 g/mol. The predicted octanol–water partition coefficient (Wildman–Crippen LogP) is 2.29. The highest BCUT2D eigenvalue weighted by atomic mass is 16.1. The number of rotatable bonds is 6. The summed E-state index contributed by atoms with van der Waals surface area (Å²) in [4.78, 5) is 25.8. The number of anilines is 1. The summed E-state index contributed by atoms with van der Waals surface area (Å²) < 4.78 is 3.32. The van der Waals surface area contributed by atoms with Crippen molar-refractivity contribution in [3.8, 4) is 17.2 Å². The first-order chi connectivity index (χ1) is 18.5. The third kappa shape index (κ3) is 4.79. The smallest absolute Gasteiger partial charge is 0.254 e. The first kappa shape index (κ1) is 24.9. The number of piperazine rings is 1. The highest BCUT2D eigenvalue weighted by Gasteiger charge is 2.20. The molecule has 1 aliphatic heterocycles. The second-order valence-electron chi connectivity index (χ2n) is 9.23. The van der Waals surface area contributed by atoms with Gasteiger partial charge in [-0.2, -0.15) is 10.4 Å². The van der Waals surface area contributed by atoms with E-state index in [1.807, 2.05) is 42.7 Å². The fourth-order valence-electron chi connectivity index (χ4n) is 4.82. The number of aryl methyl sites for hydroxylation is 1. The highest BCUT2D eigenvalue weighted by molar-refractivity contribution is 6.10. The summed E-state index contributed by atoms with van der Waals surface area (Å²) in [6.07, 6.45) is 10.2. The van der Waals surface area contributed by atoms with Gasteiger partial charge in [0.15, 0.2) is 0 Å². The van der Waals surface area contributed by atoms with E-state index in [1.54, 1.807) is 41.8 Å². The van der Waals surface area contributed by atoms with E-state index < -0.39 is 0 Å². The lowest BCUT2D eigenvalue weighted by Crippen LogP contribution is -2.46. The van der Waals surface area contributed by atoms with Gasteiger partial charge in [0.05, 0.1) is 17.3 Å². The van der Waals surface area contributed by atoms with Crippen molar-refractivity contribution in [3.63, 3.8) is 0 Å². The number of aliphatic imine (C=N–C) groups is 1. The highest BCUT2D eigenvalue weighted by Crippen LogP contribution is 2.30. The summed E-state index contributed by atoms with van der Waals surface area (Å²) in [5.74, 6) is 0.894. The largest absolute Gasteiger partial charge is 0.404 e. The topological polar surface area (TPSA) is 121 Å². The van der Waals surface area contributed by atoms with Gasteiger partial charge < -0.3 is 15.2 Å². The molecule has 0 unspecified atom stereocenters. The molecule has 192 valence electrons.